The van der Waals surface area contributed by atoms with Gasteiger partial charge in [-0.05, 0) is 25.0 Å². The van der Waals surface area contributed by atoms with Crippen LogP contribution in [0.1, 0.15) is 23.2 Å². The molecule has 1 saturated heterocycles. The van der Waals surface area contributed by atoms with Crippen LogP contribution in [0.3, 0.4) is 0 Å². The summed E-state index contributed by atoms with van der Waals surface area (Å²) < 4.78 is 0. The molecule has 3 rings (SSSR count). The van der Waals surface area contributed by atoms with Crippen LogP contribution in [-0.2, 0) is 0 Å². The van der Waals surface area contributed by atoms with Crippen LogP contribution in [0.5, 0.6) is 0 Å². The number of nitrogens with one attached hydrogen (secondary N) is 1. The van der Waals surface area contributed by atoms with E-state index in [0.29, 0.717) is 15.6 Å². The highest BCUT2D eigenvalue weighted by Gasteiger charge is 2.46. The van der Waals surface area contributed by atoms with Gasteiger partial charge in [0, 0.05) is 25.2 Å². The Morgan fingerprint density at radius 2 is 2.11 bits per heavy atom. The van der Waals surface area contributed by atoms with Gasteiger partial charge < -0.3 is 10.2 Å². The summed E-state index contributed by atoms with van der Waals surface area (Å²) in [6.07, 6.45) is 2.31. The van der Waals surface area contributed by atoms with Crippen LogP contribution < -0.4 is 5.32 Å². The van der Waals surface area contributed by atoms with Crippen molar-refractivity contribution >= 4 is 29.1 Å². The van der Waals surface area contributed by atoms with Gasteiger partial charge in [-0.1, -0.05) is 29.3 Å². The molecule has 18 heavy (non-hydrogen) atoms. The van der Waals surface area contributed by atoms with Gasteiger partial charge in [-0.3, -0.25) is 4.79 Å². The fraction of sp³-hybridized carbons (Fsp3) is 0.462. The van der Waals surface area contributed by atoms with Crippen LogP contribution in [0.4, 0.5) is 0 Å². The molecule has 5 heteroatoms. The molecule has 0 unspecified atom stereocenters. The molecule has 1 amide bonds. The molecule has 0 aromatic heterocycles. The van der Waals surface area contributed by atoms with Gasteiger partial charge in [-0.15, -0.1) is 0 Å². The number of rotatable bonds is 1. The average Bonchev–Trinajstić information content (AvgIpc) is 3.11. The van der Waals surface area contributed by atoms with Gasteiger partial charge in [0.05, 0.1) is 15.6 Å². The molecule has 0 radical (unpaired) electrons. The third-order valence-corrected chi connectivity index (χ3v) is 4.52. The van der Waals surface area contributed by atoms with E-state index in [1.807, 2.05) is 4.90 Å². The van der Waals surface area contributed by atoms with Crippen LogP contribution >= 0.6 is 23.2 Å². The third kappa shape index (κ3) is 2.11. The van der Waals surface area contributed by atoms with E-state index in [4.69, 9.17) is 23.2 Å². The molecular weight excluding hydrogens is 271 g/mol. The van der Waals surface area contributed by atoms with Crippen molar-refractivity contribution in [3.8, 4) is 0 Å². The standard InChI is InChI=1S/C13H14Cl2N2O/c14-10-3-1-2-9(11(10)15)12(18)17-7-6-16-13(8-17)4-5-13/h1-3,16H,4-8H2. The Morgan fingerprint density at radius 1 is 1.33 bits per heavy atom. The molecule has 1 saturated carbocycles. The normalized spacial score (nSPS) is 21.1. The number of benzene rings is 1. The van der Waals surface area contributed by atoms with Crippen molar-refractivity contribution in [2.24, 2.45) is 0 Å². The first kappa shape index (κ1) is 12.3. The monoisotopic (exact) mass is 284 g/mol. The van der Waals surface area contributed by atoms with Crippen molar-refractivity contribution in [3.05, 3.63) is 33.8 Å². The number of halogens is 2. The Hall–Kier alpha value is -0.770. The summed E-state index contributed by atoms with van der Waals surface area (Å²) >= 11 is 12.0. The maximum absolute atomic E-state index is 12.4. The van der Waals surface area contributed by atoms with E-state index in [9.17, 15) is 4.79 Å². The Bertz CT molecular complexity index is 500. The van der Waals surface area contributed by atoms with E-state index in [-0.39, 0.29) is 11.4 Å². The summed E-state index contributed by atoms with van der Waals surface area (Å²) in [4.78, 5) is 14.3. The second-order valence-corrected chi connectivity index (χ2v) is 5.82. The number of piperazine rings is 1. The van der Waals surface area contributed by atoms with Gasteiger partial charge >= 0.3 is 0 Å². The molecule has 0 bridgehead atoms. The summed E-state index contributed by atoms with van der Waals surface area (Å²) in [5.41, 5.74) is 0.681. The Labute approximate surface area is 116 Å². The maximum Gasteiger partial charge on any atom is 0.255 e. The van der Waals surface area contributed by atoms with Crippen molar-refractivity contribution in [1.29, 1.82) is 0 Å². The molecule has 2 fully saturated rings. The lowest BCUT2D eigenvalue weighted by atomic mass is 10.1. The molecule has 1 aromatic rings. The molecular formula is C13H14Cl2N2O. The molecule has 1 spiro atoms. The zero-order valence-corrected chi connectivity index (χ0v) is 11.4. The zero-order valence-electron chi connectivity index (χ0n) is 9.88. The fourth-order valence-corrected chi connectivity index (χ4v) is 2.84. The highest BCUT2D eigenvalue weighted by molar-refractivity contribution is 6.43. The maximum atomic E-state index is 12.4. The molecule has 1 aliphatic heterocycles. The zero-order chi connectivity index (χ0) is 12.8. The molecule has 2 aliphatic rings. The largest absolute Gasteiger partial charge is 0.335 e. The smallest absolute Gasteiger partial charge is 0.255 e. The van der Waals surface area contributed by atoms with E-state index in [0.717, 1.165) is 32.5 Å². The minimum absolute atomic E-state index is 0.0183. The molecule has 1 heterocycles. The first-order valence-electron chi connectivity index (χ1n) is 6.10. The van der Waals surface area contributed by atoms with Gasteiger partial charge in [0.25, 0.3) is 5.91 Å². The Morgan fingerprint density at radius 3 is 2.83 bits per heavy atom. The highest BCUT2D eigenvalue weighted by atomic mass is 35.5. The van der Waals surface area contributed by atoms with Crippen molar-refractivity contribution in [2.45, 2.75) is 18.4 Å². The summed E-state index contributed by atoms with van der Waals surface area (Å²) in [6.45, 7) is 2.35. The van der Waals surface area contributed by atoms with Crippen LogP contribution in [0.25, 0.3) is 0 Å². The molecule has 0 atom stereocenters. The minimum atomic E-state index is -0.0183. The number of carbonyl (C=O) groups excluding carboxylic acids is 1. The predicted octanol–water partition coefficient (Wildman–Crippen LogP) is 2.57. The van der Waals surface area contributed by atoms with E-state index in [2.05, 4.69) is 5.32 Å². The van der Waals surface area contributed by atoms with E-state index in [1.54, 1.807) is 18.2 Å². The lowest BCUT2D eigenvalue weighted by Gasteiger charge is -2.34. The lowest BCUT2D eigenvalue weighted by Crippen LogP contribution is -2.54. The van der Waals surface area contributed by atoms with Gasteiger partial charge in [0.2, 0.25) is 0 Å². The molecule has 96 valence electrons. The van der Waals surface area contributed by atoms with Crippen molar-refractivity contribution in [3.63, 3.8) is 0 Å². The van der Waals surface area contributed by atoms with Crippen LogP contribution in [-0.4, -0.2) is 36.0 Å². The molecule has 3 nitrogen and oxygen atoms in total. The second-order valence-electron chi connectivity index (χ2n) is 5.04. The van der Waals surface area contributed by atoms with Gasteiger partial charge in [0.1, 0.15) is 0 Å². The Balaban J connectivity index is 1.83. The second kappa shape index (κ2) is 4.41. The summed E-state index contributed by atoms with van der Waals surface area (Å²) in [5, 5.41) is 4.26. The average molecular weight is 285 g/mol. The van der Waals surface area contributed by atoms with Crippen LogP contribution in [0, 0.1) is 0 Å². The SMILES string of the molecule is O=C(c1cccc(Cl)c1Cl)N1CCNC2(CC2)C1. The van der Waals surface area contributed by atoms with Crippen molar-refractivity contribution in [1.82, 2.24) is 10.2 Å². The number of hydrogen-bond acceptors (Lipinski definition) is 2. The lowest BCUT2D eigenvalue weighted by molar-refractivity contribution is 0.0691. The predicted molar refractivity (Wildman–Crippen MR) is 72.3 cm³/mol. The van der Waals surface area contributed by atoms with Gasteiger partial charge in [0.15, 0.2) is 0 Å². The fourth-order valence-electron chi connectivity index (χ4n) is 2.45. The highest BCUT2D eigenvalue weighted by Crippen LogP contribution is 2.38. The molecule has 1 aliphatic carbocycles. The summed E-state index contributed by atoms with van der Waals surface area (Å²) in [6, 6.07) is 5.19. The number of hydrogen-bond donors (Lipinski definition) is 1. The van der Waals surface area contributed by atoms with Crippen LogP contribution in [0.2, 0.25) is 10.0 Å². The van der Waals surface area contributed by atoms with Crippen LogP contribution in [0.15, 0.2) is 18.2 Å². The number of carbonyl (C=O) groups is 1. The van der Waals surface area contributed by atoms with E-state index < -0.39 is 0 Å². The van der Waals surface area contributed by atoms with Gasteiger partial charge in [-0.25, -0.2) is 0 Å². The Kier molecular flexibility index (Phi) is 3.00. The summed E-state index contributed by atoms with van der Waals surface area (Å²) in [7, 11) is 0. The number of amides is 1. The number of nitrogens with zero attached hydrogens (tertiary/aromatic N) is 1. The first-order valence-corrected chi connectivity index (χ1v) is 6.85. The van der Waals surface area contributed by atoms with E-state index >= 15 is 0 Å². The first-order chi connectivity index (χ1) is 8.61. The molecule has 1 N–H and O–H groups in total. The van der Waals surface area contributed by atoms with Crippen molar-refractivity contribution < 1.29 is 4.79 Å². The summed E-state index contributed by atoms with van der Waals surface area (Å²) in [5.74, 6) is -0.0183. The third-order valence-electron chi connectivity index (χ3n) is 3.70. The topological polar surface area (TPSA) is 32.3 Å². The molecule has 1 aromatic carbocycles. The van der Waals surface area contributed by atoms with Gasteiger partial charge in [-0.2, -0.15) is 0 Å². The van der Waals surface area contributed by atoms with E-state index in [1.165, 1.54) is 0 Å². The quantitative estimate of drug-likeness (QED) is 0.860. The minimum Gasteiger partial charge on any atom is -0.335 e. The van der Waals surface area contributed by atoms with Crippen molar-refractivity contribution in [2.75, 3.05) is 19.6 Å².